The second-order valence-corrected chi connectivity index (χ2v) is 9.52. The number of rotatable bonds is 8. The number of halogens is 1. The molecule has 0 spiro atoms. The third-order valence-electron chi connectivity index (χ3n) is 6.09. The maximum absolute atomic E-state index is 12.3. The first-order chi connectivity index (χ1) is 16.0. The van der Waals surface area contributed by atoms with Gasteiger partial charge < -0.3 is 19.5 Å². The van der Waals surface area contributed by atoms with E-state index in [9.17, 15) is 14.6 Å². The Hall–Kier alpha value is -3.10. The van der Waals surface area contributed by atoms with Crippen LogP contribution >= 0.6 is 11.3 Å². The van der Waals surface area contributed by atoms with E-state index < -0.39 is 0 Å². The fourth-order valence-corrected chi connectivity index (χ4v) is 5.26. The molecule has 4 aromatic rings. The molecule has 1 aliphatic rings. The van der Waals surface area contributed by atoms with Gasteiger partial charge in [-0.1, -0.05) is 11.3 Å². The van der Waals surface area contributed by atoms with Gasteiger partial charge in [0.1, 0.15) is 17.6 Å². The second-order valence-electron chi connectivity index (χ2n) is 8.44. The quantitative estimate of drug-likeness (QED) is 0.384. The first-order valence-corrected chi connectivity index (χ1v) is 11.8. The number of alkyl halides is 1. The summed E-state index contributed by atoms with van der Waals surface area (Å²) in [5.74, 6) is 0.453. The highest BCUT2D eigenvalue weighted by Crippen LogP contribution is 2.37. The van der Waals surface area contributed by atoms with Crippen molar-refractivity contribution < 1.29 is 19.3 Å². The van der Waals surface area contributed by atoms with Crippen molar-refractivity contribution in [2.75, 3.05) is 26.3 Å². The van der Waals surface area contributed by atoms with Crippen molar-refractivity contribution in [3.8, 4) is 28.0 Å². The van der Waals surface area contributed by atoms with Gasteiger partial charge in [0.2, 0.25) is 0 Å². The summed E-state index contributed by atoms with van der Waals surface area (Å²) in [6, 6.07) is 12.6. The molecule has 2 aromatic heterocycles. The summed E-state index contributed by atoms with van der Waals surface area (Å²) in [7, 11) is 0. The highest BCUT2D eigenvalue weighted by Gasteiger charge is 2.28. The predicted molar refractivity (Wildman–Crippen MR) is 128 cm³/mol. The summed E-state index contributed by atoms with van der Waals surface area (Å²) in [5.41, 5.74) is 4.11. The Morgan fingerprint density at radius 2 is 1.88 bits per heavy atom. The van der Waals surface area contributed by atoms with Crippen LogP contribution in [-0.4, -0.2) is 57.1 Å². The number of benzene rings is 2. The molecule has 0 atom stereocenters. The standard InChI is InChI=1S/C25H26FN3O3S/c1-16-22-11-19(31)7-8-23(22)29(24(16)17-3-5-18(30)6-4-17)15-21-12-27-25(33-21)32-20-13-28(14-20)10-2-9-26/h3-8,11-12,20,30-31H,2,9-10,13-15H2,1H3. The van der Waals surface area contributed by atoms with Crippen molar-refractivity contribution in [3.05, 3.63) is 59.1 Å². The number of nitrogens with zero attached hydrogens (tertiary/aromatic N) is 3. The Morgan fingerprint density at radius 3 is 2.64 bits per heavy atom. The monoisotopic (exact) mass is 467 g/mol. The van der Waals surface area contributed by atoms with Crippen LogP contribution in [0.3, 0.4) is 0 Å². The first-order valence-electron chi connectivity index (χ1n) is 11.0. The zero-order valence-corrected chi connectivity index (χ0v) is 19.2. The highest BCUT2D eigenvalue weighted by molar-refractivity contribution is 7.13. The first kappa shape index (κ1) is 21.7. The summed E-state index contributed by atoms with van der Waals surface area (Å²) in [6.45, 7) is 4.77. The van der Waals surface area contributed by atoms with Crippen molar-refractivity contribution in [2.24, 2.45) is 0 Å². The molecule has 2 N–H and O–H groups in total. The Balaban J connectivity index is 1.40. The normalized spacial score (nSPS) is 14.6. The van der Waals surface area contributed by atoms with E-state index in [0.717, 1.165) is 52.2 Å². The van der Waals surface area contributed by atoms with Crippen LogP contribution in [0.15, 0.2) is 48.7 Å². The van der Waals surface area contributed by atoms with E-state index >= 15 is 0 Å². The lowest BCUT2D eigenvalue weighted by Gasteiger charge is -2.38. The number of phenolic OH excluding ortho intramolecular Hbond substituents is 2. The molecular weight excluding hydrogens is 441 g/mol. The van der Waals surface area contributed by atoms with Gasteiger partial charge in [0, 0.05) is 41.6 Å². The molecule has 6 nitrogen and oxygen atoms in total. The average Bonchev–Trinajstić information content (AvgIpc) is 3.33. The molecule has 33 heavy (non-hydrogen) atoms. The molecular formula is C25H26FN3O3S. The average molecular weight is 468 g/mol. The fourth-order valence-electron chi connectivity index (χ4n) is 4.44. The van der Waals surface area contributed by atoms with Gasteiger partial charge in [0.05, 0.1) is 18.9 Å². The van der Waals surface area contributed by atoms with Gasteiger partial charge in [-0.15, -0.1) is 0 Å². The third kappa shape index (κ3) is 4.41. The lowest BCUT2D eigenvalue weighted by Crippen LogP contribution is -2.53. The lowest BCUT2D eigenvalue weighted by molar-refractivity contribution is 0.0183. The van der Waals surface area contributed by atoms with Gasteiger partial charge in [-0.05, 0) is 66.9 Å². The number of ether oxygens (including phenoxy) is 1. The number of aryl methyl sites for hydroxylation is 1. The van der Waals surface area contributed by atoms with Gasteiger partial charge in [0.25, 0.3) is 5.19 Å². The molecule has 172 valence electrons. The number of thiazole rings is 1. The summed E-state index contributed by atoms with van der Waals surface area (Å²) in [4.78, 5) is 7.71. The maximum atomic E-state index is 12.3. The number of fused-ring (bicyclic) bond motifs is 1. The van der Waals surface area contributed by atoms with Crippen molar-refractivity contribution in [1.82, 2.24) is 14.5 Å². The smallest absolute Gasteiger partial charge is 0.273 e. The van der Waals surface area contributed by atoms with E-state index in [1.807, 2.05) is 31.3 Å². The van der Waals surface area contributed by atoms with E-state index in [2.05, 4.69) is 14.5 Å². The van der Waals surface area contributed by atoms with E-state index in [1.165, 1.54) is 11.3 Å². The SMILES string of the molecule is Cc1c(-c2ccc(O)cc2)n(Cc2cnc(OC3CN(CCCF)C3)s2)c2ccc(O)cc12. The van der Waals surface area contributed by atoms with E-state index in [1.54, 1.807) is 24.3 Å². The van der Waals surface area contributed by atoms with Gasteiger partial charge in [-0.25, -0.2) is 4.98 Å². The van der Waals surface area contributed by atoms with Gasteiger partial charge in [-0.2, -0.15) is 0 Å². The Bertz CT molecular complexity index is 1260. The topological polar surface area (TPSA) is 70.8 Å². The molecule has 0 bridgehead atoms. The van der Waals surface area contributed by atoms with Crippen LogP contribution in [0.1, 0.15) is 16.9 Å². The molecule has 8 heteroatoms. The predicted octanol–water partition coefficient (Wildman–Crippen LogP) is 4.96. The summed E-state index contributed by atoms with van der Waals surface area (Å²) < 4.78 is 20.6. The van der Waals surface area contributed by atoms with Crippen molar-refractivity contribution in [3.63, 3.8) is 0 Å². The fraction of sp³-hybridized carbons (Fsp3) is 0.320. The minimum Gasteiger partial charge on any atom is -0.508 e. The molecule has 1 saturated heterocycles. The van der Waals surface area contributed by atoms with Crippen LogP contribution in [0.25, 0.3) is 22.2 Å². The molecule has 1 aliphatic heterocycles. The lowest BCUT2D eigenvalue weighted by atomic mass is 10.1. The molecule has 0 radical (unpaired) electrons. The maximum Gasteiger partial charge on any atom is 0.273 e. The number of aromatic nitrogens is 2. The Kier molecular flexibility index (Phi) is 5.95. The number of aromatic hydroxyl groups is 2. The molecule has 0 aliphatic carbocycles. The summed E-state index contributed by atoms with van der Waals surface area (Å²) in [6.07, 6.45) is 2.52. The van der Waals surface area contributed by atoms with Crippen molar-refractivity contribution in [2.45, 2.75) is 26.0 Å². The van der Waals surface area contributed by atoms with E-state index in [-0.39, 0.29) is 24.3 Å². The van der Waals surface area contributed by atoms with Gasteiger partial charge >= 0.3 is 0 Å². The minimum absolute atomic E-state index is 0.105. The highest BCUT2D eigenvalue weighted by atomic mass is 32.1. The van der Waals surface area contributed by atoms with Gasteiger partial charge in [0.15, 0.2) is 0 Å². The molecule has 5 rings (SSSR count). The molecule has 1 fully saturated rings. The Morgan fingerprint density at radius 1 is 1.12 bits per heavy atom. The van der Waals surface area contributed by atoms with Crippen LogP contribution < -0.4 is 4.74 Å². The zero-order valence-electron chi connectivity index (χ0n) is 18.4. The minimum atomic E-state index is -0.281. The largest absolute Gasteiger partial charge is 0.508 e. The Labute approximate surface area is 195 Å². The number of phenols is 2. The van der Waals surface area contributed by atoms with E-state index in [0.29, 0.717) is 18.2 Å². The molecule has 0 saturated carbocycles. The van der Waals surface area contributed by atoms with Crippen molar-refractivity contribution >= 4 is 22.2 Å². The molecule has 3 heterocycles. The summed E-state index contributed by atoms with van der Waals surface area (Å²) in [5, 5.41) is 21.4. The molecule has 0 amide bonds. The van der Waals surface area contributed by atoms with Crippen LogP contribution in [-0.2, 0) is 6.54 Å². The second kappa shape index (κ2) is 9.03. The van der Waals surface area contributed by atoms with Gasteiger partial charge in [-0.3, -0.25) is 9.29 Å². The van der Waals surface area contributed by atoms with Crippen LogP contribution in [0.2, 0.25) is 0 Å². The summed E-state index contributed by atoms with van der Waals surface area (Å²) >= 11 is 1.53. The van der Waals surface area contributed by atoms with Crippen molar-refractivity contribution in [1.29, 1.82) is 0 Å². The van der Waals surface area contributed by atoms with Crippen LogP contribution in [0.5, 0.6) is 16.7 Å². The third-order valence-corrected chi connectivity index (χ3v) is 6.96. The number of hydrogen-bond acceptors (Lipinski definition) is 6. The van der Waals surface area contributed by atoms with Crippen LogP contribution in [0.4, 0.5) is 4.39 Å². The number of likely N-dealkylation sites (tertiary alicyclic amines) is 1. The molecule has 0 unspecified atom stereocenters. The zero-order chi connectivity index (χ0) is 22.9. The molecule has 2 aromatic carbocycles. The number of hydrogen-bond donors (Lipinski definition) is 2. The van der Waals surface area contributed by atoms with E-state index in [4.69, 9.17) is 4.74 Å². The van der Waals surface area contributed by atoms with Crippen LogP contribution in [0, 0.1) is 6.92 Å².